The van der Waals surface area contributed by atoms with Gasteiger partial charge in [-0.1, -0.05) is 12.1 Å². The molecule has 0 aliphatic carbocycles. The van der Waals surface area contributed by atoms with E-state index in [0.717, 1.165) is 11.3 Å². The maximum Gasteiger partial charge on any atom is 0.120 e. The first-order valence-corrected chi connectivity index (χ1v) is 4.40. The first kappa shape index (κ1) is 10.1. The zero-order valence-electron chi connectivity index (χ0n) is 8.37. The van der Waals surface area contributed by atoms with Crippen LogP contribution in [0.2, 0.25) is 0 Å². The zero-order chi connectivity index (χ0) is 9.90. The molecule has 2 heteroatoms. The van der Waals surface area contributed by atoms with Crippen molar-refractivity contribution in [2.45, 2.75) is 33.0 Å². The highest BCUT2D eigenvalue weighted by Crippen LogP contribution is 2.18. The van der Waals surface area contributed by atoms with Gasteiger partial charge in [0.25, 0.3) is 0 Å². The third kappa shape index (κ3) is 3.47. The van der Waals surface area contributed by atoms with Crippen LogP contribution in [0.3, 0.4) is 0 Å². The maximum absolute atomic E-state index is 8.82. The second kappa shape index (κ2) is 3.79. The van der Waals surface area contributed by atoms with Crippen LogP contribution in [-0.2, 0) is 6.61 Å². The smallest absolute Gasteiger partial charge is 0.120 e. The quantitative estimate of drug-likeness (QED) is 0.757. The van der Waals surface area contributed by atoms with Crippen LogP contribution in [-0.4, -0.2) is 10.7 Å². The minimum Gasteiger partial charge on any atom is -0.488 e. The summed E-state index contributed by atoms with van der Waals surface area (Å²) < 4.78 is 5.62. The molecule has 0 bridgehead atoms. The van der Waals surface area contributed by atoms with Gasteiger partial charge >= 0.3 is 0 Å². The van der Waals surface area contributed by atoms with Crippen molar-refractivity contribution in [2.24, 2.45) is 0 Å². The van der Waals surface area contributed by atoms with Gasteiger partial charge in [-0.2, -0.15) is 0 Å². The largest absolute Gasteiger partial charge is 0.488 e. The minimum atomic E-state index is -0.166. The van der Waals surface area contributed by atoms with Crippen molar-refractivity contribution in [1.29, 1.82) is 0 Å². The Labute approximate surface area is 79.2 Å². The Hall–Kier alpha value is -1.02. The average Bonchev–Trinajstić information content (AvgIpc) is 2.03. The summed E-state index contributed by atoms with van der Waals surface area (Å²) in [5, 5.41) is 8.82. The fourth-order valence-corrected chi connectivity index (χ4v) is 1.02. The van der Waals surface area contributed by atoms with Crippen LogP contribution in [0.5, 0.6) is 5.75 Å². The van der Waals surface area contributed by atoms with E-state index in [1.807, 2.05) is 45.0 Å². The number of aliphatic hydroxyl groups is 1. The Morgan fingerprint density at radius 1 is 1.15 bits per heavy atom. The lowest BCUT2D eigenvalue weighted by molar-refractivity contribution is 0.131. The molecular formula is C11H16O2. The third-order valence-electron chi connectivity index (χ3n) is 1.53. The van der Waals surface area contributed by atoms with Crippen LogP contribution >= 0.6 is 0 Å². The van der Waals surface area contributed by atoms with Crippen molar-refractivity contribution >= 4 is 0 Å². The molecule has 0 saturated heterocycles. The number of benzene rings is 1. The predicted octanol–water partition coefficient (Wildman–Crippen LogP) is 2.36. The van der Waals surface area contributed by atoms with E-state index in [4.69, 9.17) is 9.84 Å². The molecular weight excluding hydrogens is 164 g/mol. The molecule has 0 atom stereocenters. The summed E-state index contributed by atoms with van der Waals surface area (Å²) in [5.41, 5.74) is 0.738. The van der Waals surface area contributed by atoms with Gasteiger partial charge in [0.15, 0.2) is 0 Å². The van der Waals surface area contributed by atoms with Crippen LogP contribution in [0.1, 0.15) is 26.3 Å². The SMILES string of the molecule is CC(C)(C)Oc1ccc(CO)cc1. The van der Waals surface area contributed by atoms with Gasteiger partial charge in [0, 0.05) is 0 Å². The summed E-state index contributed by atoms with van der Waals surface area (Å²) >= 11 is 0. The highest BCUT2D eigenvalue weighted by Gasteiger charge is 2.10. The number of aliphatic hydroxyl groups excluding tert-OH is 1. The van der Waals surface area contributed by atoms with Crippen LogP contribution in [0.4, 0.5) is 0 Å². The van der Waals surface area contributed by atoms with Crippen molar-refractivity contribution in [2.75, 3.05) is 0 Å². The van der Waals surface area contributed by atoms with E-state index in [2.05, 4.69) is 0 Å². The molecule has 0 radical (unpaired) electrons. The Morgan fingerprint density at radius 3 is 2.08 bits per heavy atom. The van der Waals surface area contributed by atoms with Gasteiger partial charge in [0.05, 0.1) is 6.61 Å². The molecule has 1 rings (SSSR count). The van der Waals surface area contributed by atoms with Gasteiger partial charge in [-0.05, 0) is 38.5 Å². The monoisotopic (exact) mass is 180 g/mol. The first-order chi connectivity index (χ1) is 6.01. The minimum absolute atomic E-state index is 0.0792. The summed E-state index contributed by atoms with van der Waals surface area (Å²) in [7, 11) is 0. The molecule has 0 amide bonds. The van der Waals surface area contributed by atoms with Gasteiger partial charge in [0.2, 0.25) is 0 Å². The Bertz CT molecular complexity index is 256. The molecule has 0 heterocycles. The van der Waals surface area contributed by atoms with Crippen LogP contribution in [0, 0.1) is 0 Å². The molecule has 0 aliphatic rings. The van der Waals surface area contributed by atoms with Crippen molar-refractivity contribution < 1.29 is 9.84 Å². The molecule has 0 aliphatic heterocycles. The molecule has 0 unspecified atom stereocenters. The second-order valence-corrected chi connectivity index (χ2v) is 4.02. The van der Waals surface area contributed by atoms with E-state index in [0.29, 0.717) is 0 Å². The fourth-order valence-electron chi connectivity index (χ4n) is 1.02. The maximum atomic E-state index is 8.82. The number of rotatable bonds is 2. The molecule has 72 valence electrons. The van der Waals surface area contributed by atoms with E-state index in [-0.39, 0.29) is 12.2 Å². The topological polar surface area (TPSA) is 29.5 Å². The van der Waals surface area contributed by atoms with Gasteiger partial charge in [-0.15, -0.1) is 0 Å². The third-order valence-corrected chi connectivity index (χ3v) is 1.53. The standard InChI is InChI=1S/C11H16O2/c1-11(2,3)13-10-6-4-9(8-12)5-7-10/h4-7,12H,8H2,1-3H3. The summed E-state index contributed by atoms with van der Waals surface area (Å²) in [6.45, 7) is 6.10. The number of hydrogen-bond acceptors (Lipinski definition) is 2. The highest BCUT2D eigenvalue weighted by atomic mass is 16.5. The lowest BCUT2D eigenvalue weighted by Gasteiger charge is -2.21. The van der Waals surface area contributed by atoms with E-state index in [1.54, 1.807) is 0 Å². The fraction of sp³-hybridized carbons (Fsp3) is 0.455. The van der Waals surface area contributed by atoms with Crippen molar-refractivity contribution in [3.05, 3.63) is 29.8 Å². The normalized spacial score (nSPS) is 11.4. The van der Waals surface area contributed by atoms with Gasteiger partial charge in [-0.25, -0.2) is 0 Å². The van der Waals surface area contributed by atoms with Crippen molar-refractivity contribution in [1.82, 2.24) is 0 Å². The molecule has 0 saturated carbocycles. The van der Waals surface area contributed by atoms with Crippen LogP contribution < -0.4 is 4.74 Å². The number of ether oxygens (including phenoxy) is 1. The lowest BCUT2D eigenvalue weighted by atomic mass is 10.2. The lowest BCUT2D eigenvalue weighted by Crippen LogP contribution is -2.22. The molecule has 0 aromatic heterocycles. The van der Waals surface area contributed by atoms with E-state index >= 15 is 0 Å². The number of hydrogen-bond donors (Lipinski definition) is 1. The van der Waals surface area contributed by atoms with Crippen LogP contribution in [0.25, 0.3) is 0 Å². The van der Waals surface area contributed by atoms with Gasteiger partial charge in [0.1, 0.15) is 11.4 Å². The van der Waals surface area contributed by atoms with E-state index in [1.165, 1.54) is 0 Å². The Morgan fingerprint density at radius 2 is 1.69 bits per heavy atom. The molecule has 1 aromatic carbocycles. The molecule has 13 heavy (non-hydrogen) atoms. The Balaban J connectivity index is 2.70. The average molecular weight is 180 g/mol. The van der Waals surface area contributed by atoms with E-state index < -0.39 is 0 Å². The van der Waals surface area contributed by atoms with Crippen molar-refractivity contribution in [3.63, 3.8) is 0 Å². The predicted molar refractivity (Wildman–Crippen MR) is 52.7 cm³/mol. The summed E-state index contributed by atoms with van der Waals surface area (Å²) in [5.74, 6) is 0.838. The summed E-state index contributed by atoms with van der Waals surface area (Å²) in [6, 6.07) is 7.47. The highest BCUT2D eigenvalue weighted by molar-refractivity contribution is 5.27. The molecule has 1 aromatic rings. The van der Waals surface area contributed by atoms with Gasteiger partial charge in [-0.3, -0.25) is 0 Å². The Kier molecular flexibility index (Phi) is 2.94. The molecule has 1 N–H and O–H groups in total. The molecule has 0 spiro atoms. The summed E-state index contributed by atoms with van der Waals surface area (Å²) in [6.07, 6.45) is 0. The molecule has 2 nitrogen and oxygen atoms in total. The summed E-state index contributed by atoms with van der Waals surface area (Å²) in [4.78, 5) is 0. The molecule has 0 fully saturated rings. The van der Waals surface area contributed by atoms with Gasteiger partial charge < -0.3 is 9.84 Å². The first-order valence-electron chi connectivity index (χ1n) is 4.40. The zero-order valence-corrected chi connectivity index (χ0v) is 8.37. The van der Waals surface area contributed by atoms with E-state index in [9.17, 15) is 0 Å². The van der Waals surface area contributed by atoms with Crippen LogP contribution in [0.15, 0.2) is 24.3 Å². The van der Waals surface area contributed by atoms with Crippen molar-refractivity contribution in [3.8, 4) is 5.75 Å². The second-order valence-electron chi connectivity index (χ2n) is 4.02.